The number of ether oxygens (including phenoxy) is 1. The number of pyridine rings is 1. The van der Waals surface area contributed by atoms with Crippen molar-refractivity contribution >= 4 is 16.7 Å². The SMILES string of the molecule is FC(F)(F)c1cnc2[nH]c(C3CCOCC3)cc2c1NCCCN1CCCC1. The second kappa shape index (κ2) is 8.29. The van der Waals surface area contributed by atoms with Crippen molar-refractivity contribution in [3.63, 3.8) is 0 Å². The van der Waals surface area contributed by atoms with E-state index in [2.05, 4.69) is 20.2 Å². The maximum Gasteiger partial charge on any atom is 0.419 e. The summed E-state index contributed by atoms with van der Waals surface area (Å²) < 4.78 is 46.1. The van der Waals surface area contributed by atoms with Gasteiger partial charge in [0.1, 0.15) is 5.65 Å². The smallest absolute Gasteiger partial charge is 0.384 e. The number of H-pyrrole nitrogens is 1. The second-order valence-corrected chi connectivity index (χ2v) is 7.75. The third-order valence-corrected chi connectivity index (χ3v) is 5.80. The Bertz CT molecular complexity index is 793. The summed E-state index contributed by atoms with van der Waals surface area (Å²) in [6.07, 6.45) is 1.50. The minimum absolute atomic E-state index is 0.147. The first-order valence-corrected chi connectivity index (χ1v) is 10.1. The molecule has 0 aliphatic carbocycles. The summed E-state index contributed by atoms with van der Waals surface area (Å²) in [6, 6.07) is 1.84. The summed E-state index contributed by atoms with van der Waals surface area (Å²) in [5.74, 6) is 0.278. The van der Waals surface area contributed by atoms with Crippen LogP contribution in [-0.2, 0) is 10.9 Å². The summed E-state index contributed by atoms with van der Waals surface area (Å²) in [6.45, 7) is 4.99. The molecule has 0 amide bonds. The fourth-order valence-electron chi connectivity index (χ4n) is 4.25. The summed E-state index contributed by atoms with van der Waals surface area (Å²) in [5.41, 5.74) is 0.911. The van der Waals surface area contributed by atoms with Crippen molar-refractivity contribution in [2.24, 2.45) is 0 Å². The van der Waals surface area contributed by atoms with E-state index in [0.29, 0.717) is 30.8 Å². The van der Waals surface area contributed by atoms with Crippen LogP contribution in [0, 0.1) is 0 Å². The first kappa shape index (κ1) is 19.5. The van der Waals surface area contributed by atoms with Gasteiger partial charge in [-0.05, 0) is 57.8 Å². The highest BCUT2D eigenvalue weighted by Gasteiger charge is 2.35. The maximum absolute atomic E-state index is 13.6. The molecule has 0 radical (unpaired) electrons. The van der Waals surface area contributed by atoms with Gasteiger partial charge < -0.3 is 19.9 Å². The van der Waals surface area contributed by atoms with Crippen LogP contribution in [0.25, 0.3) is 11.0 Å². The maximum atomic E-state index is 13.6. The van der Waals surface area contributed by atoms with E-state index < -0.39 is 11.7 Å². The van der Waals surface area contributed by atoms with Crippen molar-refractivity contribution in [2.45, 2.75) is 44.2 Å². The van der Waals surface area contributed by atoms with Crippen molar-refractivity contribution in [3.8, 4) is 0 Å². The third kappa shape index (κ3) is 4.27. The van der Waals surface area contributed by atoms with Crippen LogP contribution in [0.15, 0.2) is 12.3 Å². The topological polar surface area (TPSA) is 53.2 Å². The van der Waals surface area contributed by atoms with Crippen molar-refractivity contribution in [1.82, 2.24) is 14.9 Å². The fourth-order valence-corrected chi connectivity index (χ4v) is 4.25. The molecule has 2 aliphatic heterocycles. The Hall–Kier alpha value is -1.80. The standard InChI is InChI=1S/C20H27F3N4O/c21-20(22,23)16-13-25-19-15(12-17(26-19)14-4-10-28-11-5-14)18(16)24-6-3-9-27-7-1-2-8-27/h12-14H,1-11H2,(H2,24,25,26). The molecular weight excluding hydrogens is 369 g/mol. The zero-order valence-corrected chi connectivity index (χ0v) is 15.9. The van der Waals surface area contributed by atoms with Crippen LogP contribution in [0.5, 0.6) is 0 Å². The predicted octanol–water partition coefficient (Wildman–Crippen LogP) is 4.37. The van der Waals surface area contributed by atoms with Gasteiger partial charge in [-0.25, -0.2) is 4.98 Å². The lowest BCUT2D eigenvalue weighted by Gasteiger charge is -2.20. The number of aromatic amines is 1. The highest BCUT2D eigenvalue weighted by Crippen LogP contribution is 2.39. The number of anilines is 1. The summed E-state index contributed by atoms with van der Waals surface area (Å²) >= 11 is 0. The van der Waals surface area contributed by atoms with E-state index >= 15 is 0 Å². The summed E-state index contributed by atoms with van der Waals surface area (Å²) in [4.78, 5) is 9.67. The van der Waals surface area contributed by atoms with E-state index in [9.17, 15) is 13.2 Å². The molecule has 2 fully saturated rings. The van der Waals surface area contributed by atoms with Crippen LogP contribution >= 0.6 is 0 Å². The van der Waals surface area contributed by atoms with Crippen molar-refractivity contribution in [3.05, 3.63) is 23.5 Å². The molecule has 0 unspecified atom stereocenters. The van der Waals surface area contributed by atoms with Crippen molar-refractivity contribution in [2.75, 3.05) is 44.7 Å². The minimum Gasteiger partial charge on any atom is -0.384 e. The zero-order valence-electron chi connectivity index (χ0n) is 15.9. The molecule has 2 aliphatic rings. The van der Waals surface area contributed by atoms with Crippen LogP contribution in [0.2, 0.25) is 0 Å². The molecule has 0 atom stereocenters. The molecule has 2 saturated heterocycles. The van der Waals surface area contributed by atoms with Crippen LogP contribution in [0.3, 0.4) is 0 Å². The lowest BCUT2D eigenvalue weighted by atomic mass is 9.96. The number of nitrogens with zero attached hydrogens (tertiary/aromatic N) is 2. The molecule has 28 heavy (non-hydrogen) atoms. The van der Waals surface area contributed by atoms with Crippen LogP contribution in [0.4, 0.5) is 18.9 Å². The molecule has 0 bridgehead atoms. The number of fused-ring (bicyclic) bond motifs is 1. The van der Waals surface area contributed by atoms with E-state index in [1.807, 2.05) is 6.07 Å². The Morgan fingerprint density at radius 3 is 2.68 bits per heavy atom. The largest absolute Gasteiger partial charge is 0.419 e. The Labute approximate surface area is 162 Å². The molecule has 4 heterocycles. The molecule has 5 nitrogen and oxygen atoms in total. The number of nitrogens with one attached hydrogen (secondary N) is 2. The Kier molecular flexibility index (Phi) is 5.78. The molecule has 8 heteroatoms. The molecule has 2 N–H and O–H groups in total. The van der Waals surface area contributed by atoms with Gasteiger partial charge in [0, 0.05) is 43.0 Å². The fraction of sp³-hybridized carbons (Fsp3) is 0.650. The number of hydrogen-bond acceptors (Lipinski definition) is 4. The van der Waals surface area contributed by atoms with Gasteiger partial charge in [0.2, 0.25) is 0 Å². The number of hydrogen-bond donors (Lipinski definition) is 2. The van der Waals surface area contributed by atoms with Crippen LogP contribution in [0.1, 0.15) is 49.3 Å². The monoisotopic (exact) mass is 396 g/mol. The van der Waals surface area contributed by atoms with Crippen LogP contribution < -0.4 is 5.32 Å². The molecule has 0 saturated carbocycles. The zero-order chi connectivity index (χ0) is 19.6. The molecule has 2 aromatic heterocycles. The highest BCUT2D eigenvalue weighted by atomic mass is 19.4. The molecular formula is C20H27F3N4O. The van der Waals surface area contributed by atoms with Crippen molar-refractivity contribution in [1.29, 1.82) is 0 Å². The number of alkyl halides is 3. The van der Waals surface area contributed by atoms with Crippen LogP contribution in [-0.4, -0.2) is 54.3 Å². The number of aromatic nitrogens is 2. The van der Waals surface area contributed by atoms with E-state index in [1.165, 1.54) is 12.8 Å². The van der Waals surface area contributed by atoms with Gasteiger partial charge in [-0.3, -0.25) is 0 Å². The average Bonchev–Trinajstić information content (AvgIpc) is 3.34. The highest BCUT2D eigenvalue weighted by molar-refractivity contribution is 5.92. The number of halogens is 3. The van der Waals surface area contributed by atoms with Gasteiger partial charge in [0.25, 0.3) is 0 Å². The summed E-state index contributed by atoms with van der Waals surface area (Å²) in [7, 11) is 0. The lowest BCUT2D eigenvalue weighted by molar-refractivity contribution is -0.137. The van der Waals surface area contributed by atoms with Gasteiger partial charge in [0.15, 0.2) is 0 Å². The van der Waals surface area contributed by atoms with Gasteiger partial charge in [-0.15, -0.1) is 0 Å². The van der Waals surface area contributed by atoms with Gasteiger partial charge in [-0.1, -0.05) is 0 Å². The lowest BCUT2D eigenvalue weighted by Crippen LogP contribution is -2.22. The normalized spacial score (nSPS) is 19.5. The molecule has 154 valence electrons. The van der Waals surface area contributed by atoms with E-state index in [1.54, 1.807) is 0 Å². The van der Waals surface area contributed by atoms with E-state index in [4.69, 9.17) is 4.74 Å². The number of likely N-dealkylation sites (tertiary alicyclic amines) is 1. The Morgan fingerprint density at radius 2 is 1.96 bits per heavy atom. The van der Waals surface area contributed by atoms with Gasteiger partial charge in [-0.2, -0.15) is 13.2 Å². The first-order valence-electron chi connectivity index (χ1n) is 10.1. The average molecular weight is 396 g/mol. The summed E-state index contributed by atoms with van der Waals surface area (Å²) in [5, 5.41) is 3.60. The van der Waals surface area contributed by atoms with Gasteiger partial charge >= 0.3 is 6.18 Å². The van der Waals surface area contributed by atoms with Crippen molar-refractivity contribution < 1.29 is 17.9 Å². The molecule has 2 aromatic rings. The predicted molar refractivity (Wildman–Crippen MR) is 103 cm³/mol. The second-order valence-electron chi connectivity index (χ2n) is 7.75. The number of rotatable bonds is 6. The molecule has 0 spiro atoms. The van der Waals surface area contributed by atoms with E-state index in [0.717, 1.165) is 50.8 Å². The molecule has 4 rings (SSSR count). The minimum atomic E-state index is -4.44. The quantitative estimate of drug-likeness (QED) is 0.712. The molecule has 0 aromatic carbocycles. The van der Waals surface area contributed by atoms with E-state index in [-0.39, 0.29) is 11.6 Å². The first-order chi connectivity index (χ1) is 13.5. The Balaban J connectivity index is 1.55. The Morgan fingerprint density at radius 1 is 1.21 bits per heavy atom. The third-order valence-electron chi connectivity index (χ3n) is 5.80. The van der Waals surface area contributed by atoms with Gasteiger partial charge in [0.05, 0.1) is 11.3 Å².